The number of hydrogen-bond donors (Lipinski definition) is 2. The second-order valence-corrected chi connectivity index (χ2v) is 6.66. The molecule has 1 saturated heterocycles. The molecule has 3 rings (SSSR count). The Bertz CT molecular complexity index is 1030. The molecule has 172 valence electrons. The Morgan fingerprint density at radius 3 is 2.53 bits per heavy atom. The number of ether oxygens (including phenoxy) is 2. The number of rotatable bonds is 5. The minimum Gasteiger partial charge on any atom is -0.434 e. The summed E-state index contributed by atoms with van der Waals surface area (Å²) in [5.41, 5.74) is -0.375. The van der Waals surface area contributed by atoms with Gasteiger partial charge in [0.1, 0.15) is 5.75 Å². The van der Waals surface area contributed by atoms with Crippen LogP contribution in [0.2, 0.25) is 5.02 Å². The van der Waals surface area contributed by atoms with E-state index >= 15 is 0 Å². The fourth-order valence-electron chi connectivity index (χ4n) is 2.67. The van der Waals surface area contributed by atoms with E-state index in [4.69, 9.17) is 16.3 Å². The maximum Gasteiger partial charge on any atom is 0.573 e. The average Bonchev–Trinajstić information content (AvgIpc) is 3.12. The van der Waals surface area contributed by atoms with Gasteiger partial charge in [0.25, 0.3) is 5.91 Å². The number of nitrogens with one attached hydrogen (secondary N) is 2. The summed E-state index contributed by atoms with van der Waals surface area (Å²) < 4.78 is 85.0. The molecule has 2 N–H and O–H groups in total. The van der Waals surface area contributed by atoms with Crippen molar-refractivity contribution in [2.75, 3.05) is 6.54 Å². The van der Waals surface area contributed by atoms with E-state index in [1.54, 1.807) is 0 Å². The van der Waals surface area contributed by atoms with Gasteiger partial charge in [-0.25, -0.2) is 14.8 Å². The molecular weight excluding hydrogens is 474 g/mol. The third-order valence-corrected chi connectivity index (χ3v) is 4.30. The molecule has 8 nitrogen and oxygen atoms in total. The molecule has 1 aliphatic heterocycles. The summed E-state index contributed by atoms with van der Waals surface area (Å²) in [6.07, 6.45) is -11.3. The first-order valence-electron chi connectivity index (χ1n) is 8.53. The number of nitrogens with zero attached hydrogens (tertiary/aromatic N) is 2. The highest BCUT2D eigenvalue weighted by molar-refractivity contribution is 6.32. The SMILES string of the molecule is O=C1NC[C@@H](C(=O)NC(c2ccc(OC(F)(F)F)c(Cl)c2)c2ccnc(C(F)(F)F)n2)O1. The number of amides is 2. The molecule has 0 bridgehead atoms. The molecule has 2 atom stereocenters. The van der Waals surface area contributed by atoms with Crippen molar-refractivity contribution in [3.63, 3.8) is 0 Å². The van der Waals surface area contributed by atoms with Crippen LogP contribution in [0.5, 0.6) is 5.75 Å². The van der Waals surface area contributed by atoms with Crippen molar-refractivity contribution in [2.24, 2.45) is 0 Å². The Morgan fingerprint density at radius 1 is 1.25 bits per heavy atom. The van der Waals surface area contributed by atoms with Crippen molar-refractivity contribution in [3.8, 4) is 5.75 Å². The number of aromatic nitrogens is 2. The largest absolute Gasteiger partial charge is 0.573 e. The van der Waals surface area contributed by atoms with E-state index in [1.807, 2.05) is 0 Å². The first-order valence-corrected chi connectivity index (χ1v) is 8.91. The molecule has 0 saturated carbocycles. The predicted octanol–water partition coefficient (Wildman–Crippen LogP) is 3.36. The molecule has 1 aromatic carbocycles. The lowest BCUT2D eigenvalue weighted by atomic mass is 10.0. The third-order valence-electron chi connectivity index (χ3n) is 4.00. The summed E-state index contributed by atoms with van der Waals surface area (Å²) in [5, 5.41) is 4.05. The Kier molecular flexibility index (Phi) is 6.34. The number of alkyl carbamates (subject to hydrolysis) is 1. The number of carbonyl (C=O) groups excluding carboxylic acids is 2. The molecule has 0 aliphatic carbocycles. The van der Waals surface area contributed by atoms with Gasteiger partial charge in [-0.05, 0) is 23.8 Å². The first-order chi connectivity index (χ1) is 14.8. The van der Waals surface area contributed by atoms with Crippen molar-refractivity contribution in [1.29, 1.82) is 0 Å². The molecule has 2 heterocycles. The zero-order valence-electron chi connectivity index (χ0n) is 15.4. The minimum absolute atomic E-state index is 0.0259. The van der Waals surface area contributed by atoms with Crippen molar-refractivity contribution in [1.82, 2.24) is 20.6 Å². The van der Waals surface area contributed by atoms with Gasteiger partial charge in [0.05, 0.1) is 23.3 Å². The van der Waals surface area contributed by atoms with E-state index in [1.165, 1.54) is 0 Å². The zero-order chi connectivity index (χ0) is 23.7. The van der Waals surface area contributed by atoms with Crippen LogP contribution in [0.4, 0.5) is 31.1 Å². The van der Waals surface area contributed by atoms with E-state index in [0.29, 0.717) is 0 Å². The number of cyclic esters (lactones) is 1. The monoisotopic (exact) mass is 484 g/mol. The van der Waals surface area contributed by atoms with Crippen LogP contribution >= 0.6 is 11.6 Å². The number of halogens is 7. The molecular formula is C17H11ClF6N4O4. The smallest absolute Gasteiger partial charge is 0.434 e. The Balaban J connectivity index is 1.98. The van der Waals surface area contributed by atoms with Crippen molar-refractivity contribution >= 4 is 23.6 Å². The van der Waals surface area contributed by atoms with Crippen molar-refractivity contribution in [3.05, 3.63) is 52.6 Å². The van der Waals surface area contributed by atoms with Crippen LogP contribution in [0.3, 0.4) is 0 Å². The highest BCUT2D eigenvalue weighted by Gasteiger charge is 2.37. The van der Waals surface area contributed by atoms with E-state index in [9.17, 15) is 35.9 Å². The molecule has 1 fully saturated rings. The third kappa shape index (κ3) is 5.69. The molecule has 2 amide bonds. The van der Waals surface area contributed by atoms with Gasteiger partial charge in [-0.3, -0.25) is 4.79 Å². The fraction of sp³-hybridized carbons (Fsp3) is 0.294. The van der Waals surface area contributed by atoms with Crippen LogP contribution in [0.1, 0.15) is 23.1 Å². The minimum atomic E-state index is -5.04. The van der Waals surface area contributed by atoms with Gasteiger partial charge in [-0.1, -0.05) is 17.7 Å². The highest BCUT2D eigenvalue weighted by atomic mass is 35.5. The normalized spacial score (nSPS) is 17.3. The summed E-state index contributed by atoms with van der Waals surface area (Å²) >= 11 is 5.82. The van der Waals surface area contributed by atoms with Gasteiger partial charge in [0.15, 0.2) is 6.10 Å². The summed E-state index contributed by atoms with van der Waals surface area (Å²) in [7, 11) is 0. The predicted molar refractivity (Wildman–Crippen MR) is 93.4 cm³/mol. The first kappa shape index (κ1) is 23.4. The standard InChI is InChI=1S/C17H11ClF6N4O4/c18-8-5-7(1-2-10(8)32-17(22,23)24)12(28-13(29)11-6-26-15(30)31-11)9-3-4-25-14(27-9)16(19,20)21/h1-5,11-12H,6H2,(H,26,30)(H,28,29)/t11-,12?/m0/s1. The molecule has 0 spiro atoms. The topological polar surface area (TPSA) is 102 Å². The van der Waals surface area contributed by atoms with Crippen LogP contribution in [0, 0.1) is 0 Å². The Morgan fingerprint density at radius 2 is 1.97 bits per heavy atom. The van der Waals surface area contributed by atoms with E-state index < -0.39 is 53.3 Å². The van der Waals surface area contributed by atoms with E-state index in [2.05, 4.69) is 25.3 Å². The average molecular weight is 485 g/mol. The molecule has 1 aromatic heterocycles. The summed E-state index contributed by atoms with van der Waals surface area (Å²) in [6, 6.07) is 2.48. The number of benzene rings is 1. The summed E-state index contributed by atoms with van der Waals surface area (Å²) in [4.78, 5) is 30.1. The molecule has 1 unspecified atom stereocenters. The van der Waals surface area contributed by atoms with Crippen LogP contribution < -0.4 is 15.4 Å². The number of carbonyl (C=O) groups is 2. The fourth-order valence-corrected chi connectivity index (χ4v) is 2.90. The van der Waals surface area contributed by atoms with Crippen LogP contribution in [0.25, 0.3) is 0 Å². The van der Waals surface area contributed by atoms with Crippen LogP contribution in [-0.2, 0) is 15.7 Å². The molecule has 15 heteroatoms. The Hall–Kier alpha value is -3.29. The molecule has 1 aliphatic rings. The van der Waals surface area contributed by atoms with E-state index in [-0.39, 0.29) is 17.8 Å². The molecule has 0 radical (unpaired) electrons. The van der Waals surface area contributed by atoms with Gasteiger partial charge >= 0.3 is 18.6 Å². The second kappa shape index (κ2) is 8.68. The van der Waals surface area contributed by atoms with Gasteiger partial charge in [0, 0.05) is 6.20 Å². The number of alkyl halides is 6. The van der Waals surface area contributed by atoms with Gasteiger partial charge in [-0.2, -0.15) is 13.2 Å². The van der Waals surface area contributed by atoms with Gasteiger partial charge in [-0.15, -0.1) is 13.2 Å². The maximum atomic E-state index is 13.0. The molecule has 32 heavy (non-hydrogen) atoms. The van der Waals surface area contributed by atoms with Gasteiger partial charge < -0.3 is 20.1 Å². The second-order valence-electron chi connectivity index (χ2n) is 6.26. The van der Waals surface area contributed by atoms with E-state index in [0.717, 1.165) is 30.5 Å². The lowest BCUT2D eigenvalue weighted by molar-refractivity contribution is -0.274. The summed E-state index contributed by atoms with van der Waals surface area (Å²) in [5.74, 6) is -3.17. The number of hydrogen-bond acceptors (Lipinski definition) is 6. The quantitative estimate of drug-likeness (QED) is 0.631. The molecule has 2 aromatic rings. The van der Waals surface area contributed by atoms with Crippen LogP contribution in [-0.4, -0.2) is 41.0 Å². The van der Waals surface area contributed by atoms with Gasteiger partial charge in [0.2, 0.25) is 5.82 Å². The highest BCUT2D eigenvalue weighted by Crippen LogP contribution is 2.34. The zero-order valence-corrected chi connectivity index (χ0v) is 16.2. The van der Waals surface area contributed by atoms with Crippen LogP contribution in [0.15, 0.2) is 30.5 Å². The van der Waals surface area contributed by atoms with Crippen molar-refractivity contribution in [2.45, 2.75) is 24.7 Å². The maximum absolute atomic E-state index is 13.0. The summed E-state index contributed by atoms with van der Waals surface area (Å²) in [6.45, 7) is -0.200. The Labute approximate surface area is 179 Å². The van der Waals surface area contributed by atoms with Crippen molar-refractivity contribution < 1.29 is 45.4 Å². The lowest BCUT2D eigenvalue weighted by Gasteiger charge is -2.22. The lowest BCUT2D eigenvalue weighted by Crippen LogP contribution is -2.39.